The molecule has 1 unspecified atom stereocenters. The number of urea groups is 1. The van der Waals surface area contributed by atoms with Crippen LogP contribution in [0.1, 0.15) is 54.5 Å². The Labute approximate surface area is 189 Å². The van der Waals surface area contributed by atoms with E-state index in [9.17, 15) is 18.5 Å². The SMILES string of the molecule is CC(C)(O)c1ccc(S(N)(=O)=NC(=O)Nc2c3c(cc4c2CCC4)CCC3)c(F)c1.S. The van der Waals surface area contributed by atoms with E-state index in [0.717, 1.165) is 61.4 Å². The number of carbonyl (C=O) groups is 1. The molecule has 168 valence electrons. The van der Waals surface area contributed by atoms with Gasteiger partial charge in [0.1, 0.15) is 15.7 Å². The lowest BCUT2D eigenvalue weighted by Crippen LogP contribution is -2.21. The lowest BCUT2D eigenvalue weighted by atomic mass is 9.99. The van der Waals surface area contributed by atoms with Crippen molar-refractivity contribution in [3.8, 4) is 0 Å². The Hall–Kier alpha value is -1.94. The van der Waals surface area contributed by atoms with Crippen LogP contribution in [0.4, 0.5) is 14.9 Å². The van der Waals surface area contributed by atoms with Gasteiger partial charge in [0.05, 0.1) is 10.5 Å². The van der Waals surface area contributed by atoms with Crippen LogP contribution in [-0.4, -0.2) is 15.3 Å². The first-order chi connectivity index (χ1) is 14.1. The average molecular weight is 466 g/mol. The molecular formula is C22H28FN3O3S2. The van der Waals surface area contributed by atoms with E-state index in [1.54, 1.807) is 0 Å². The molecule has 2 aliphatic carbocycles. The van der Waals surface area contributed by atoms with Gasteiger partial charge in [-0.2, -0.15) is 13.5 Å². The molecule has 2 aliphatic rings. The highest BCUT2D eigenvalue weighted by Gasteiger charge is 2.26. The van der Waals surface area contributed by atoms with E-state index in [-0.39, 0.29) is 18.4 Å². The molecule has 0 radical (unpaired) electrons. The first-order valence-corrected chi connectivity index (χ1v) is 11.7. The number of nitrogens with two attached hydrogens (primary N) is 1. The highest BCUT2D eigenvalue weighted by Crippen LogP contribution is 2.38. The number of halogens is 1. The lowest BCUT2D eigenvalue weighted by molar-refractivity contribution is 0.0781. The highest BCUT2D eigenvalue weighted by atomic mass is 32.2. The maximum atomic E-state index is 14.6. The molecule has 0 saturated heterocycles. The second-order valence-corrected chi connectivity index (χ2v) is 10.3. The Morgan fingerprint density at radius 3 is 2.23 bits per heavy atom. The number of fused-ring (bicyclic) bond motifs is 2. The fourth-order valence-electron chi connectivity index (χ4n) is 4.39. The quantitative estimate of drug-likeness (QED) is 0.636. The van der Waals surface area contributed by atoms with Crippen molar-refractivity contribution in [1.29, 1.82) is 0 Å². The molecule has 2 aromatic rings. The zero-order valence-corrected chi connectivity index (χ0v) is 19.4. The summed E-state index contributed by atoms with van der Waals surface area (Å²) in [5.74, 6) is -0.875. The number of nitrogens with one attached hydrogen (secondary N) is 1. The molecular weight excluding hydrogens is 437 g/mol. The fourth-order valence-corrected chi connectivity index (χ4v) is 5.38. The third kappa shape index (κ3) is 4.64. The predicted octanol–water partition coefficient (Wildman–Crippen LogP) is 4.08. The number of nitrogens with zero attached hydrogens (tertiary/aromatic N) is 1. The standard InChI is InChI=1S/C22H26FN3O3S.H2S/c1-22(2,28)15-9-10-19(18(23)12-15)30(24,29)26-21(27)25-20-16-7-3-5-13(16)11-14-6-4-8-17(14)20;/h9-12,28H,3-8H2,1-2H3,(H3,24,25,26,27,29);1H2. The summed E-state index contributed by atoms with van der Waals surface area (Å²) in [6.45, 7) is 3.02. The second-order valence-electron chi connectivity index (χ2n) is 8.53. The zero-order chi connectivity index (χ0) is 21.7. The van der Waals surface area contributed by atoms with Crippen LogP contribution in [0.15, 0.2) is 33.5 Å². The van der Waals surface area contributed by atoms with Gasteiger partial charge >= 0.3 is 6.03 Å². The maximum Gasteiger partial charge on any atom is 0.354 e. The zero-order valence-electron chi connectivity index (χ0n) is 17.6. The third-order valence-electron chi connectivity index (χ3n) is 5.88. The van der Waals surface area contributed by atoms with Gasteiger partial charge in [0.25, 0.3) is 0 Å². The van der Waals surface area contributed by atoms with E-state index in [1.165, 1.54) is 37.1 Å². The average Bonchev–Trinajstić information content (AvgIpc) is 3.28. The lowest BCUT2D eigenvalue weighted by Gasteiger charge is -2.18. The molecule has 4 rings (SSSR count). The van der Waals surface area contributed by atoms with Crippen molar-refractivity contribution in [2.45, 2.75) is 62.9 Å². The van der Waals surface area contributed by atoms with E-state index >= 15 is 0 Å². The van der Waals surface area contributed by atoms with Gasteiger partial charge in [-0.25, -0.2) is 18.5 Å². The van der Waals surface area contributed by atoms with Gasteiger partial charge < -0.3 is 10.4 Å². The third-order valence-corrected chi connectivity index (χ3v) is 7.28. The normalized spacial score (nSPS) is 16.7. The Kier molecular flexibility index (Phi) is 6.53. The van der Waals surface area contributed by atoms with Crippen LogP contribution < -0.4 is 10.5 Å². The molecule has 2 amide bonds. The summed E-state index contributed by atoms with van der Waals surface area (Å²) in [4.78, 5) is 12.3. The number of rotatable bonds is 3. The van der Waals surface area contributed by atoms with E-state index < -0.39 is 27.4 Å². The Balaban J connectivity index is 0.00000272. The first kappa shape index (κ1) is 23.7. The molecule has 0 bridgehead atoms. The number of carbonyl (C=O) groups excluding carboxylic acids is 1. The Bertz CT molecular complexity index is 1130. The molecule has 2 aromatic carbocycles. The van der Waals surface area contributed by atoms with Crippen LogP contribution in [-0.2, 0) is 41.2 Å². The van der Waals surface area contributed by atoms with Gasteiger partial charge in [-0.15, -0.1) is 4.36 Å². The van der Waals surface area contributed by atoms with Crippen molar-refractivity contribution in [1.82, 2.24) is 0 Å². The second kappa shape index (κ2) is 8.54. The number of hydrogen-bond acceptors (Lipinski definition) is 3. The first-order valence-electron chi connectivity index (χ1n) is 10.1. The van der Waals surface area contributed by atoms with E-state index in [1.807, 2.05) is 0 Å². The van der Waals surface area contributed by atoms with Crippen LogP contribution >= 0.6 is 13.5 Å². The summed E-state index contributed by atoms with van der Waals surface area (Å²) in [6, 6.07) is 5.09. The van der Waals surface area contributed by atoms with Crippen molar-refractivity contribution in [3.63, 3.8) is 0 Å². The van der Waals surface area contributed by atoms with Gasteiger partial charge in [0, 0.05) is 5.69 Å². The van der Waals surface area contributed by atoms with Gasteiger partial charge in [-0.05, 0) is 92.3 Å². The molecule has 9 heteroatoms. The molecule has 0 aliphatic heterocycles. The minimum atomic E-state index is -3.79. The van der Waals surface area contributed by atoms with Gasteiger partial charge in [-0.1, -0.05) is 12.1 Å². The summed E-state index contributed by atoms with van der Waals surface area (Å²) < 4.78 is 31.1. The molecule has 6 nitrogen and oxygen atoms in total. The van der Waals surface area contributed by atoms with E-state index in [0.29, 0.717) is 5.56 Å². The highest BCUT2D eigenvalue weighted by molar-refractivity contribution is 7.91. The van der Waals surface area contributed by atoms with E-state index in [2.05, 4.69) is 15.7 Å². The summed E-state index contributed by atoms with van der Waals surface area (Å²) >= 11 is 0. The van der Waals surface area contributed by atoms with Crippen LogP contribution in [0.25, 0.3) is 0 Å². The van der Waals surface area contributed by atoms with Crippen molar-refractivity contribution >= 4 is 35.1 Å². The number of benzene rings is 2. The van der Waals surface area contributed by atoms with Crippen molar-refractivity contribution in [2.75, 3.05) is 5.32 Å². The van der Waals surface area contributed by atoms with Crippen molar-refractivity contribution in [2.24, 2.45) is 9.50 Å². The molecule has 0 heterocycles. The summed E-state index contributed by atoms with van der Waals surface area (Å²) in [6.07, 6.45) is 5.78. The van der Waals surface area contributed by atoms with Crippen LogP contribution in [0.3, 0.4) is 0 Å². The molecule has 0 saturated carbocycles. The Morgan fingerprint density at radius 2 is 1.71 bits per heavy atom. The predicted molar refractivity (Wildman–Crippen MR) is 125 cm³/mol. The summed E-state index contributed by atoms with van der Waals surface area (Å²) in [7, 11) is -3.79. The minimum absolute atomic E-state index is 0. The van der Waals surface area contributed by atoms with Crippen molar-refractivity contribution < 1.29 is 18.5 Å². The maximum absolute atomic E-state index is 14.6. The number of aryl methyl sites for hydroxylation is 2. The minimum Gasteiger partial charge on any atom is -0.386 e. The van der Waals surface area contributed by atoms with Crippen LogP contribution in [0.5, 0.6) is 0 Å². The molecule has 4 N–H and O–H groups in total. The summed E-state index contributed by atoms with van der Waals surface area (Å²) in [5, 5.41) is 18.6. The van der Waals surface area contributed by atoms with Gasteiger partial charge in [0.15, 0.2) is 0 Å². The molecule has 1 atom stereocenters. The topological polar surface area (TPSA) is 105 Å². The molecule has 31 heavy (non-hydrogen) atoms. The van der Waals surface area contributed by atoms with Gasteiger partial charge in [0.2, 0.25) is 0 Å². The monoisotopic (exact) mass is 465 g/mol. The summed E-state index contributed by atoms with van der Waals surface area (Å²) in [5.41, 5.74) is 4.52. The van der Waals surface area contributed by atoms with Crippen LogP contribution in [0, 0.1) is 5.82 Å². The molecule has 0 aromatic heterocycles. The van der Waals surface area contributed by atoms with Crippen LogP contribution in [0.2, 0.25) is 0 Å². The number of hydrogen-bond donors (Lipinski definition) is 3. The number of aliphatic hydroxyl groups is 1. The smallest absolute Gasteiger partial charge is 0.354 e. The van der Waals surface area contributed by atoms with Gasteiger partial charge in [-0.3, -0.25) is 0 Å². The Morgan fingerprint density at radius 1 is 1.13 bits per heavy atom. The van der Waals surface area contributed by atoms with E-state index in [4.69, 9.17) is 5.14 Å². The number of amides is 2. The fraction of sp³-hybridized carbons (Fsp3) is 0.409. The number of anilines is 1. The molecule has 0 spiro atoms. The molecule has 0 fully saturated rings. The van der Waals surface area contributed by atoms with Crippen molar-refractivity contribution in [3.05, 3.63) is 57.9 Å². The largest absolute Gasteiger partial charge is 0.386 e.